The number of carbonyl (C=O) groups excluding carboxylic acids is 1. The summed E-state index contributed by atoms with van der Waals surface area (Å²) in [7, 11) is -1.57. The van der Waals surface area contributed by atoms with Crippen LogP contribution in [0.15, 0.2) is 64.1 Å². The van der Waals surface area contributed by atoms with Crippen LogP contribution in [0.1, 0.15) is 16.1 Å². The zero-order valence-corrected chi connectivity index (χ0v) is 17.7. The van der Waals surface area contributed by atoms with E-state index in [0.29, 0.717) is 12.2 Å². The summed E-state index contributed by atoms with van der Waals surface area (Å²) in [5.41, 5.74) is -0.267. The molecule has 31 heavy (non-hydrogen) atoms. The molecule has 164 valence electrons. The third-order valence-corrected chi connectivity index (χ3v) is 5.71. The molecule has 8 nitrogen and oxygen atoms in total. The van der Waals surface area contributed by atoms with E-state index in [1.165, 1.54) is 44.7 Å². The number of furan rings is 1. The minimum atomic E-state index is -4.23. The molecule has 1 heterocycles. The Bertz CT molecular complexity index is 1160. The fourth-order valence-corrected chi connectivity index (χ4v) is 3.97. The van der Waals surface area contributed by atoms with Crippen molar-refractivity contribution in [1.29, 1.82) is 0 Å². The van der Waals surface area contributed by atoms with Crippen molar-refractivity contribution < 1.29 is 31.5 Å². The number of sulfonamides is 1. The molecule has 3 rings (SSSR count). The molecular weight excluding hydrogens is 427 g/mol. The van der Waals surface area contributed by atoms with Gasteiger partial charge in [0.15, 0.2) is 11.5 Å². The van der Waals surface area contributed by atoms with Crippen LogP contribution < -0.4 is 19.5 Å². The van der Waals surface area contributed by atoms with Crippen LogP contribution in [0.5, 0.6) is 11.5 Å². The number of anilines is 1. The molecule has 0 aliphatic heterocycles. The molecule has 0 bridgehead atoms. The summed E-state index contributed by atoms with van der Waals surface area (Å²) in [6, 6.07) is 11.2. The third kappa shape index (κ3) is 5.15. The molecule has 0 aliphatic carbocycles. The van der Waals surface area contributed by atoms with Crippen molar-refractivity contribution in [2.24, 2.45) is 0 Å². The Morgan fingerprint density at radius 2 is 1.87 bits per heavy atom. The van der Waals surface area contributed by atoms with Crippen molar-refractivity contribution in [3.63, 3.8) is 0 Å². The van der Waals surface area contributed by atoms with Gasteiger partial charge in [-0.15, -0.1) is 0 Å². The average molecular weight is 448 g/mol. The molecule has 1 aromatic heterocycles. The van der Waals surface area contributed by atoms with Gasteiger partial charge >= 0.3 is 0 Å². The van der Waals surface area contributed by atoms with Gasteiger partial charge in [0.1, 0.15) is 11.6 Å². The van der Waals surface area contributed by atoms with Crippen molar-refractivity contribution in [2.75, 3.05) is 25.5 Å². The summed E-state index contributed by atoms with van der Waals surface area (Å²) < 4.78 is 57.5. The Morgan fingerprint density at radius 3 is 2.52 bits per heavy atom. The van der Waals surface area contributed by atoms with Gasteiger partial charge in [-0.2, -0.15) is 0 Å². The lowest BCUT2D eigenvalue weighted by Gasteiger charge is -2.16. The van der Waals surface area contributed by atoms with E-state index in [1.54, 1.807) is 12.1 Å². The summed E-state index contributed by atoms with van der Waals surface area (Å²) >= 11 is 0. The van der Waals surface area contributed by atoms with Gasteiger partial charge in [-0.3, -0.25) is 9.52 Å². The number of hydrogen-bond acceptors (Lipinski definition) is 6. The van der Waals surface area contributed by atoms with Crippen molar-refractivity contribution >= 4 is 21.6 Å². The van der Waals surface area contributed by atoms with Gasteiger partial charge in [0, 0.05) is 19.0 Å². The van der Waals surface area contributed by atoms with Gasteiger partial charge in [0.25, 0.3) is 15.9 Å². The Labute approximate surface area is 179 Å². The van der Waals surface area contributed by atoms with E-state index < -0.39 is 21.7 Å². The van der Waals surface area contributed by atoms with Gasteiger partial charge in [-0.25, -0.2) is 12.8 Å². The third-order valence-electron chi connectivity index (χ3n) is 4.36. The van der Waals surface area contributed by atoms with Crippen LogP contribution in [-0.2, 0) is 16.4 Å². The number of hydrogen-bond donors (Lipinski definition) is 2. The molecule has 10 heteroatoms. The fraction of sp³-hybridized carbons (Fsp3) is 0.190. The van der Waals surface area contributed by atoms with Crippen LogP contribution in [0, 0.1) is 5.82 Å². The molecule has 0 radical (unpaired) electrons. The molecule has 0 spiro atoms. The zero-order valence-electron chi connectivity index (χ0n) is 16.8. The number of carbonyl (C=O) groups is 1. The van der Waals surface area contributed by atoms with E-state index in [1.807, 2.05) is 0 Å². The first-order chi connectivity index (χ1) is 14.9. The summed E-state index contributed by atoms with van der Waals surface area (Å²) in [4.78, 5) is 12.5. The lowest BCUT2D eigenvalue weighted by Crippen LogP contribution is -2.26. The molecule has 2 aromatic carbocycles. The average Bonchev–Trinajstić information content (AvgIpc) is 3.27. The van der Waals surface area contributed by atoms with E-state index in [-0.39, 0.29) is 34.2 Å². The van der Waals surface area contributed by atoms with Gasteiger partial charge in [-0.05, 0) is 30.3 Å². The minimum absolute atomic E-state index is 0.0371. The van der Waals surface area contributed by atoms with E-state index >= 15 is 0 Å². The Balaban J connectivity index is 1.91. The molecule has 0 saturated heterocycles. The molecule has 0 fully saturated rings. The van der Waals surface area contributed by atoms with Gasteiger partial charge in [0.2, 0.25) is 0 Å². The molecular formula is C21H21FN2O6S. The van der Waals surface area contributed by atoms with E-state index in [4.69, 9.17) is 13.9 Å². The maximum absolute atomic E-state index is 13.9. The first-order valence-corrected chi connectivity index (χ1v) is 10.7. The smallest absolute Gasteiger partial charge is 0.262 e. The van der Waals surface area contributed by atoms with Crippen LogP contribution >= 0.6 is 0 Å². The largest absolute Gasteiger partial charge is 0.493 e. The number of benzene rings is 2. The second kappa shape index (κ2) is 9.52. The molecule has 2 N–H and O–H groups in total. The van der Waals surface area contributed by atoms with Gasteiger partial charge in [0.05, 0.1) is 36.6 Å². The molecule has 1 amide bonds. The maximum Gasteiger partial charge on any atom is 0.262 e. The maximum atomic E-state index is 13.9. The van der Waals surface area contributed by atoms with E-state index in [9.17, 15) is 17.6 Å². The first-order valence-electron chi connectivity index (χ1n) is 9.19. The standard InChI is InChI=1S/C21H21FN2O6S/c1-28-19-13-15(31(26,27)24-18-8-4-3-7-17(18)22)12-16(20(19)29-2)21(25)23-10-9-14-6-5-11-30-14/h3-8,11-13,24H,9-10H2,1-2H3,(H,23,25). The molecule has 0 unspecified atom stereocenters. The van der Waals surface area contributed by atoms with Crippen LogP contribution in [0.25, 0.3) is 0 Å². The highest BCUT2D eigenvalue weighted by Crippen LogP contribution is 2.35. The normalized spacial score (nSPS) is 11.1. The van der Waals surface area contributed by atoms with E-state index in [2.05, 4.69) is 10.0 Å². The molecule has 3 aromatic rings. The topological polar surface area (TPSA) is 107 Å². The number of ether oxygens (including phenoxy) is 2. The number of rotatable bonds is 9. The first kappa shape index (κ1) is 22.2. The number of methoxy groups -OCH3 is 2. The second-order valence-electron chi connectivity index (χ2n) is 6.38. The van der Waals surface area contributed by atoms with Gasteiger partial charge in [-0.1, -0.05) is 12.1 Å². The number of para-hydroxylation sites is 1. The van der Waals surface area contributed by atoms with Crippen molar-refractivity contribution in [1.82, 2.24) is 5.32 Å². The Hall–Kier alpha value is -3.53. The van der Waals surface area contributed by atoms with Crippen molar-refractivity contribution in [2.45, 2.75) is 11.3 Å². The lowest BCUT2D eigenvalue weighted by atomic mass is 10.1. The number of halogens is 1. The summed E-state index contributed by atoms with van der Waals surface area (Å²) in [5, 5.41) is 2.69. The highest BCUT2D eigenvalue weighted by molar-refractivity contribution is 7.92. The quantitative estimate of drug-likeness (QED) is 0.521. The minimum Gasteiger partial charge on any atom is -0.493 e. The predicted molar refractivity (Wildman–Crippen MR) is 111 cm³/mol. The van der Waals surface area contributed by atoms with Crippen molar-refractivity contribution in [3.05, 3.63) is 71.9 Å². The van der Waals surface area contributed by atoms with Crippen LogP contribution in [0.3, 0.4) is 0 Å². The Kier molecular flexibility index (Phi) is 6.81. The van der Waals surface area contributed by atoms with Gasteiger partial charge < -0.3 is 19.2 Å². The number of amides is 1. The lowest BCUT2D eigenvalue weighted by molar-refractivity contribution is 0.0949. The molecule has 0 aliphatic rings. The zero-order chi connectivity index (χ0) is 22.4. The molecule has 0 saturated carbocycles. The van der Waals surface area contributed by atoms with Crippen LogP contribution in [0.2, 0.25) is 0 Å². The highest BCUT2D eigenvalue weighted by Gasteiger charge is 2.24. The SMILES string of the molecule is COc1cc(S(=O)(=O)Nc2ccccc2F)cc(C(=O)NCCc2ccco2)c1OC. The fourth-order valence-electron chi connectivity index (χ4n) is 2.86. The number of nitrogens with one attached hydrogen (secondary N) is 2. The second-order valence-corrected chi connectivity index (χ2v) is 8.06. The summed E-state index contributed by atoms with van der Waals surface area (Å²) in [6.45, 7) is 0.252. The Morgan fingerprint density at radius 1 is 1.10 bits per heavy atom. The summed E-state index contributed by atoms with van der Waals surface area (Å²) in [5.74, 6) is -0.500. The van der Waals surface area contributed by atoms with Crippen LogP contribution in [0.4, 0.5) is 10.1 Å². The highest BCUT2D eigenvalue weighted by atomic mass is 32.2. The molecule has 0 atom stereocenters. The summed E-state index contributed by atoms with van der Waals surface area (Å²) in [6.07, 6.45) is 1.98. The van der Waals surface area contributed by atoms with Crippen LogP contribution in [-0.4, -0.2) is 35.1 Å². The van der Waals surface area contributed by atoms with E-state index in [0.717, 1.165) is 12.1 Å². The predicted octanol–water partition coefficient (Wildman–Crippen LogP) is 3.21. The monoisotopic (exact) mass is 448 g/mol. The van der Waals surface area contributed by atoms with Crippen molar-refractivity contribution in [3.8, 4) is 11.5 Å².